The van der Waals surface area contributed by atoms with E-state index >= 15 is 0 Å². The largest absolute Gasteiger partial charge is 0.479 e. The van der Waals surface area contributed by atoms with Crippen LogP contribution in [0.25, 0.3) is 0 Å². The van der Waals surface area contributed by atoms with Crippen LogP contribution in [-0.2, 0) is 42.9 Å². The van der Waals surface area contributed by atoms with Gasteiger partial charge in [-0.2, -0.15) is 0 Å². The molecular formula is C61H92O12. The van der Waals surface area contributed by atoms with Crippen molar-refractivity contribution in [2.24, 2.45) is 0 Å². The molecule has 0 aromatic heterocycles. The zero-order valence-electron chi connectivity index (χ0n) is 44.6. The molecule has 0 aliphatic carbocycles. The van der Waals surface area contributed by atoms with Crippen molar-refractivity contribution in [2.45, 2.75) is 212 Å². The first kappa shape index (κ1) is 65.9. The van der Waals surface area contributed by atoms with Crippen molar-refractivity contribution in [1.29, 1.82) is 0 Å². The molecule has 12 nitrogen and oxygen atoms in total. The average molecular weight is 1020 g/mol. The van der Waals surface area contributed by atoms with E-state index in [2.05, 4.69) is 118 Å². The van der Waals surface area contributed by atoms with Gasteiger partial charge in [0.2, 0.25) is 0 Å². The van der Waals surface area contributed by atoms with Crippen LogP contribution in [0, 0.1) is 0 Å². The minimum Gasteiger partial charge on any atom is -0.479 e. The SMILES string of the molecule is CC/C=C\C/C=C\C/C=C\C/C=C\CCC(=O)OC(COC(=O)CCCCCCCCC/C=C\C/C=C\C/C=C\CC)COC1OC(C(=O)O)C(O)C(O)C1OC(=O)CC/C=C\C/C=C\C/C=C\C/C=C\CC. The van der Waals surface area contributed by atoms with Crippen LogP contribution in [0.15, 0.2) is 134 Å². The Kier molecular flexibility index (Phi) is 43.2. The van der Waals surface area contributed by atoms with E-state index in [0.29, 0.717) is 32.1 Å². The van der Waals surface area contributed by atoms with Gasteiger partial charge in [0.05, 0.1) is 6.61 Å². The molecule has 0 aromatic carbocycles. The number of unbranched alkanes of at least 4 members (excludes halogenated alkanes) is 7. The molecule has 0 spiro atoms. The van der Waals surface area contributed by atoms with Crippen LogP contribution < -0.4 is 0 Å². The van der Waals surface area contributed by atoms with Gasteiger partial charge in [-0.1, -0.05) is 187 Å². The van der Waals surface area contributed by atoms with E-state index in [-0.39, 0.29) is 25.9 Å². The highest BCUT2D eigenvalue weighted by molar-refractivity contribution is 5.74. The number of carbonyl (C=O) groups excluding carboxylic acids is 3. The van der Waals surface area contributed by atoms with Crippen LogP contribution in [0.4, 0.5) is 0 Å². The Morgan fingerprint density at radius 3 is 1.30 bits per heavy atom. The second-order valence-corrected chi connectivity index (χ2v) is 17.7. The van der Waals surface area contributed by atoms with Crippen molar-refractivity contribution in [3.05, 3.63) is 134 Å². The maximum absolute atomic E-state index is 13.1. The van der Waals surface area contributed by atoms with Crippen molar-refractivity contribution in [3.8, 4) is 0 Å². The van der Waals surface area contributed by atoms with Gasteiger partial charge in [-0.3, -0.25) is 14.4 Å². The topological polar surface area (TPSA) is 175 Å². The van der Waals surface area contributed by atoms with Crippen molar-refractivity contribution < 1.29 is 58.2 Å². The first-order valence-electron chi connectivity index (χ1n) is 27.2. The van der Waals surface area contributed by atoms with Crippen LogP contribution in [0.2, 0.25) is 0 Å². The zero-order chi connectivity index (χ0) is 53.3. The van der Waals surface area contributed by atoms with E-state index < -0.39 is 67.3 Å². The van der Waals surface area contributed by atoms with Crippen LogP contribution in [0.3, 0.4) is 0 Å². The standard InChI is InChI=1S/C61H92O12/c1-4-7-10-13-16-19-22-25-26-27-28-31-32-35-38-41-44-47-53(62)69-50-52(71-54(63)48-45-42-39-36-33-29-23-20-17-14-11-8-5-2)51-70-61-59(57(66)56(65)58(73-61)60(67)68)72-55(64)49-46-43-40-37-34-30-24-21-18-15-12-9-6-3/h7-12,16-21,25-26,29-30,33-34,39-40,42-43,52,56-59,61,65-66H,4-6,13-15,22-24,27-28,31-32,35-38,41,44-51H2,1-3H3,(H,67,68)/b10-7-,11-8-,12-9-,19-16-,20-17-,21-18-,26-25-,33-29-,34-30-,42-39-,43-40-. The number of hydrogen-bond donors (Lipinski definition) is 3. The first-order valence-corrected chi connectivity index (χ1v) is 27.2. The number of allylic oxidation sites excluding steroid dienone is 22. The minimum absolute atomic E-state index is 0.0236. The Bertz CT molecular complexity index is 1780. The highest BCUT2D eigenvalue weighted by atomic mass is 16.7. The smallest absolute Gasteiger partial charge is 0.335 e. The summed E-state index contributed by atoms with van der Waals surface area (Å²) in [6.07, 6.45) is 54.7. The fraction of sp³-hybridized carbons (Fsp3) is 0.574. The number of aliphatic hydroxyl groups excluding tert-OH is 2. The molecule has 0 radical (unpaired) electrons. The summed E-state index contributed by atoms with van der Waals surface area (Å²) in [5, 5.41) is 31.3. The summed E-state index contributed by atoms with van der Waals surface area (Å²) in [5.41, 5.74) is 0. The van der Waals surface area contributed by atoms with E-state index in [9.17, 15) is 34.5 Å². The monoisotopic (exact) mass is 1020 g/mol. The molecule has 1 fully saturated rings. The van der Waals surface area contributed by atoms with Gasteiger partial charge < -0.3 is 39.0 Å². The third kappa shape index (κ3) is 38.2. The highest BCUT2D eigenvalue weighted by Crippen LogP contribution is 2.26. The van der Waals surface area contributed by atoms with Gasteiger partial charge in [0.25, 0.3) is 0 Å². The van der Waals surface area contributed by atoms with E-state index in [0.717, 1.165) is 103 Å². The van der Waals surface area contributed by atoms with Crippen LogP contribution >= 0.6 is 0 Å². The molecule has 1 aliphatic rings. The van der Waals surface area contributed by atoms with Gasteiger partial charge in [0.15, 0.2) is 24.6 Å². The van der Waals surface area contributed by atoms with Gasteiger partial charge in [0, 0.05) is 19.3 Å². The lowest BCUT2D eigenvalue weighted by Crippen LogP contribution is -2.61. The molecule has 73 heavy (non-hydrogen) atoms. The number of hydrogen-bond acceptors (Lipinski definition) is 11. The van der Waals surface area contributed by atoms with Gasteiger partial charge in [-0.25, -0.2) is 4.79 Å². The van der Waals surface area contributed by atoms with Gasteiger partial charge in [-0.15, -0.1) is 0 Å². The van der Waals surface area contributed by atoms with E-state index in [1.54, 1.807) is 0 Å². The van der Waals surface area contributed by atoms with Gasteiger partial charge in [-0.05, 0) is 103 Å². The molecular weight excluding hydrogens is 925 g/mol. The minimum atomic E-state index is -1.94. The number of carbonyl (C=O) groups is 4. The molecule has 3 N–H and O–H groups in total. The van der Waals surface area contributed by atoms with Crippen molar-refractivity contribution in [3.63, 3.8) is 0 Å². The fourth-order valence-corrected chi connectivity index (χ4v) is 7.17. The zero-order valence-corrected chi connectivity index (χ0v) is 44.6. The lowest BCUT2D eigenvalue weighted by Gasteiger charge is -2.40. The number of carboxylic acids is 1. The Balaban J connectivity index is 2.80. The summed E-state index contributed by atoms with van der Waals surface area (Å²) < 4.78 is 28.1. The Hall–Kier alpha value is -5.14. The summed E-state index contributed by atoms with van der Waals surface area (Å²) in [4.78, 5) is 50.9. The second kappa shape index (κ2) is 47.8. The molecule has 0 aromatic rings. The maximum Gasteiger partial charge on any atom is 0.335 e. The Labute approximate surface area is 439 Å². The highest BCUT2D eigenvalue weighted by Gasteiger charge is 2.50. The molecule has 0 bridgehead atoms. The molecule has 12 heteroatoms. The fourth-order valence-electron chi connectivity index (χ4n) is 7.17. The number of aliphatic hydroxyl groups is 2. The van der Waals surface area contributed by atoms with E-state index in [4.69, 9.17) is 23.7 Å². The predicted molar refractivity (Wildman–Crippen MR) is 293 cm³/mol. The quantitative estimate of drug-likeness (QED) is 0.0228. The molecule has 408 valence electrons. The summed E-state index contributed by atoms with van der Waals surface area (Å²) in [6, 6.07) is 0. The maximum atomic E-state index is 13.1. The molecule has 6 atom stereocenters. The summed E-state index contributed by atoms with van der Waals surface area (Å²) in [6.45, 7) is 5.50. The summed E-state index contributed by atoms with van der Waals surface area (Å²) in [7, 11) is 0. The van der Waals surface area contributed by atoms with Gasteiger partial charge in [0.1, 0.15) is 18.8 Å². The van der Waals surface area contributed by atoms with E-state index in [1.165, 1.54) is 0 Å². The number of aliphatic carboxylic acids is 1. The van der Waals surface area contributed by atoms with Crippen LogP contribution in [0.5, 0.6) is 0 Å². The number of rotatable bonds is 43. The molecule has 0 amide bonds. The number of esters is 3. The molecule has 1 aliphatic heterocycles. The van der Waals surface area contributed by atoms with Crippen LogP contribution in [-0.4, -0.2) is 89.2 Å². The normalized spacial score (nSPS) is 19.4. The Morgan fingerprint density at radius 1 is 0.452 bits per heavy atom. The molecule has 0 saturated carbocycles. The Morgan fingerprint density at radius 2 is 0.849 bits per heavy atom. The molecule has 6 unspecified atom stereocenters. The molecule has 1 rings (SSSR count). The van der Waals surface area contributed by atoms with Crippen molar-refractivity contribution in [2.75, 3.05) is 13.2 Å². The van der Waals surface area contributed by atoms with Crippen molar-refractivity contribution in [1.82, 2.24) is 0 Å². The first-order chi connectivity index (χ1) is 35.6. The summed E-state index contributed by atoms with van der Waals surface area (Å²) in [5.74, 6) is -3.38. The number of ether oxygens (including phenoxy) is 5. The lowest BCUT2D eigenvalue weighted by molar-refractivity contribution is -0.301. The van der Waals surface area contributed by atoms with Gasteiger partial charge >= 0.3 is 23.9 Å². The van der Waals surface area contributed by atoms with E-state index in [1.807, 2.05) is 36.5 Å². The summed E-state index contributed by atoms with van der Waals surface area (Å²) >= 11 is 0. The lowest BCUT2D eigenvalue weighted by atomic mass is 9.98. The van der Waals surface area contributed by atoms with Crippen LogP contribution in [0.1, 0.15) is 175 Å². The molecule has 1 saturated heterocycles. The molecule has 1 heterocycles. The average Bonchev–Trinajstić information content (AvgIpc) is 3.37. The number of carboxylic acid groups (broad SMARTS) is 1. The third-order valence-corrected chi connectivity index (χ3v) is 11.2. The van der Waals surface area contributed by atoms with Crippen molar-refractivity contribution >= 4 is 23.9 Å². The second-order valence-electron chi connectivity index (χ2n) is 17.7. The third-order valence-electron chi connectivity index (χ3n) is 11.2. The predicted octanol–water partition coefficient (Wildman–Crippen LogP) is 13.4.